The number of nitrogen functional groups attached to an aromatic ring is 1. The first-order chi connectivity index (χ1) is 12.3. The molecule has 0 aliphatic heterocycles. The fraction of sp³-hybridized carbons (Fsp3) is 0.526. The normalized spacial score (nSPS) is 13.0. The minimum atomic E-state index is -4.49. The Labute approximate surface area is 152 Å². The monoisotopic (exact) mass is 366 g/mol. The summed E-state index contributed by atoms with van der Waals surface area (Å²) in [6.45, 7) is 5.93. The van der Waals surface area contributed by atoms with Crippen LogP contribution >= 0.6 is 0 Å². The Balaban J connectivity index is 2.50. The minimum absolute atomic E-state index is 0.0287. The van der Waals surface area contributed by atoms with E-state index in [4.69, 9.17) is 5.73 Å². The summed E-state index contributed by atoms with van der Waals surface area (Å²) in [4.78, 5) is 3.88. The molecule has 1 unspecified atom stereocenters. The van der Waals surface area contributed by atoms with Crippen LogP contribution in [0.1, 0.15) is 68.6 Å². The molecule has 2 aromatic heterocycles. The Bertz CT molecular complexity index is 744. The summed E-state index contributed by atoms with van der Waals surface area (Å²) >= 11 is 0. The van der Waals surface area contributed by atoms with Gasteiger partial charge in [-0.1, -0.05) is 39.5 Å². The van der Waals surface area contributed by atoms with Gasteiger partial charge < -0.3 is 5.73 Å². The van der Waals surface area contributed by atoms with Crippen LogP contribution in [0.5, 0.6) is 0 Å². The smallest absolute Gasteiger partial charge is 0.382 e. The van der Waals surface area contributed by atoms with E-state index in [0.29, 0.717) is 5.56 Å². The van der Waals surface area contributed by atoms with Gasteiger partial charge in [-0.25, -0.2) is 0 Å². The number of rotatable bonds is 7. The SMILES string of the molecule is CCCCCCC(C)c1c(-c2cnccc2C(F)(F)F)nnc(N)c1C. The van der Waals surface area contributed by atoms with Gasteiger partial charge >= 0.3 is 6.18 Å². The number of alkyl halides is 3. The van der Waals surface area contributed by atoms with Crippen LogP contribution in [0, 0.1) is 6.92 Å². The lowest BCUT2D eigenvalue weighted by atomic mass is 9.88. The van der Waals surface area contributed by atoms with E-state index in [1.807, 2.05) is 6.92 Å². The Kier molecular flexibility index (Phi) is 6.56. The standard InChI is InChI=1S/C19H25F3N4/c1-4-5-6-7-8-12(2)16-13(3)18(23)26-25-17(16)14-11-24-10-9-15(14)19(20,21)22/h9-12H,4-8H2,1-3H3,(H2,23,26). The lowest BCUT2D eigenvalue weighted by Crippen LogP contribution is -2.12. The molecule has 0 radical (unpaired) electrons. The first-order valence-electron chi connectivity index (χ1n) is 8.91. The fourth-order valence-corrected chi connectivity index (χ4v) is 3.20. The van der Waals surface area contributed by atoms with Crippen LogP contribution in [0.25, 0.3) is 11.3 Å². The van der Waals surface area contributed by atoms with E-state index in [9.17, 15) is 13.2 Å². The maximum absolute atomic E-state index is 13.4. The highest BCUT2D eigenvalue weighted by molar-refractivity contribution is 5.70. The van der Waals surface area contributed by atoms with Gasteiger partial charge in [0.05, 0.1) is 11.3 Å². The van der Waals surface area contributed by atoms with Crippen molar-refractivity contribution in [3.05, 3.63) is 35.2 Å². The summed E-state index contributed by atoms with van der Waals surface area (Å²) in [5, 5.41) is 7.90. The zero-order chi connectivity index (χ0) is 19.3. The van der Waals surface area contributed by atoms with Crippen molar-refractivity contribution < 1.29 is 13.2 Å². The molecule has 0 saturated carbocycles. The fourth-order valence-electron chi connectivity index (χ4n) is 3.20. The van der Waals surface area contributed by atoms with Crippen molar-refractivity contribution in [3.63, 3.8) is 0 Å². The molecule has 2 N–H and O–H groups in total. The number of aromatic nitrogens is 3. The molecule has 0 aliphatic rings. The van der Waals surface area contributed by atoms with Crippen LogP contribution in [-0.2, 0) is 6.18 Å². The first-order valence-corrected chi connectivity index (χ1v) is 8.91. The van der Waals surface area contributed by atoms with E-state index in [1.165, 1.54) is 6.20 Å². The number of halogens is 3. The van der Waals surface area contributed by atoms with Crippen LogP contribution in [0.3, 0.4) is 0 Å². The molecule has 0 amide bonds. The number of hydrogen-bond donors (Lipinski definition) is 1. The molecule has 2 aromatic rings. The van der Waals surface area contributed by atoms with E-state index in [2.05, 4.69) is 22.1 Å². The molecule has 0 fully saturated rings. The quantitative estimate of drug-likeness (QED) is 0.655. The maximum atomic E-state index is 13.4. The summed E-state index contributed by atoms with van der Waals surface area (Å²) in [5.41, 5.74) is 6.73. The largest absolute Gasteiger partial charge is 0.417 e. The van der Waals surface area contributed by atoms with Crippen LogP contribution < -0.4 is 5.73 Å². The predicted octanol–water partition coefficient (Wildman–Crippen LogP) is 5.52. The number of hydrogen-bond acceptors (Lipinski definition) is 4. The highest BCUT2D eigenvalue weighted by atomic mass is 19.4. The molecule has 4 nitrogen and oxygen atoms in total. The maximum Gasteiger partial charge on any atom is 0.417 e. The molecule has 0 spiro atoms. The molecule has 0 aliphatic carbocycles. The highest BCUT2D eigenvalue weighted by Gasteiger charge is 2.35. The molecule has 2 rings (SSSR count). The van der Waals surface area contributed by atoms with Crippen LogP contribution in [0.4, 0.5) is 19.0 Å². The van der Waals surface area contributed by atoms with E-state index in [-0.39, 0.29) is 23.0 Å². The molecule has 0 aromatic carbocycles. The van der Waals surface area contributed by atoms with Gasteiger partial charge in [0.1, 0.15) is 5.82 Å². The van der Waals surface area contributed by atoms with Gasteiger partial charge in [0.2, 0.25) is 0 Å². The average Bonchev–Trinajstić information content (AvgIpc) is 2.60. The second-order valence-corrected chi connectivity index (χ2v) is 6.64. The zero-order valence-corrected chi connectivity index (χ0v) is 15.4. The summed E-state index contributed by atoms with van der Waals surface area (Å²) in [6.07, 6.45) is 3.10. The Morgan fingerprint density at radius 3 is 2.54 bits per heavy atom. The summed E-state index contributed by atoms with van der Waals surface area (Å²) in [7, 11) is 0. The second-order valence-electron chi connectivity index (χ2n) is 6.64. The number of unbranched alkanes of at least 4 members (excludes halogenated alkanes) is 3. The molecule has 142 valence electrons. The van der Waals surface area contributed by atoms with Gasteiger partial charge in [-0.15, -0.1) is 10.2 Å². The lowest BCUT2D eigenvalue weighted by molar-refractivity contribution is -0.137. The van der Waals surface area contributed by atoms with Gasteiger partial charge in [0.15, 0.2) is 0 Å². The third-order valence-electron chi connectivity index (χ3n) is 4.67. The molecule has 0 saturated heterocycles. The highest BCUT2D eigenvalue weighted by Crippen LogP contribution is 2.40. The average molecular weight is 366 g/mol. The molecule has 0 bridgehead atoms. The Morgan fingerprint density at radius 1 is 1.15 bits per heavy atom. The van der Waals surface area contributed by atoms with Crippen molar-refractivity contribution in [2.45, 2.75) is 65.0 Å². The first kappa shape index (κ1) is 20.1. The van der Waals surface area contributed by atoms with Crippen molar-refractivity contribution in [1.29, 1.82) is 0 Å². The summed E-state index contributed by atoms with van der Waals surface area (Å²) in [5.74, 6) is 0.280. The molecule has 7 heteroatoms. The van der Waals surface area contributed by atoms with Crippen LogP contribution in [0.2, 0.25) is 0 Å². The van der Waals surface area contributed by atoms with E-state index in [1.54, 1.807) is 6.92 Å². The van der Waals surface area contributed by atoms with Gasteiger partial charge in [-0.05, 0) is 36.5 Å². The van der Waals surface area contributed by atoms with Gasteiger partial charge in [-0.2, -0.15) is 13.2 Å². The third-order valence-corrected chi connectivity index (χ3v) is 4.67. The van der Waals surface area contributed by atoms with Crippen molar-refractivity contribution in [3.8, 4) is 11.3 Å². The number of nitrogens with two attached hydrogens (primary N) is 1. The van der Waals surface area contributed by atoms with Gasteiger partial charge in [-0.3, -0.25) is 4.98 Å². The molecular formula is C19H25F3N4. The minimum Gasteiger partial charge on any atom is -0.382 e. The number of anilines is 1. The van der Waals surface area contributed by atoms with E-state index < -0.39 is 11.7 Å². The van der Waals surface area contributed by atoms with E-state index in [0.717, 1.165) is 49.9 Å². The van der Waals surface area contributed by atoms with Crippen molar-refractivity contribution in [1.82, 2.24) is 15.2 Å². The molecule has 26 heavy (non-hydrogen) atoms. The summed E-state index contributed by atoms with van der Waals surface area (Å²) < 4.78 is 40.3. The predicted molar refractivity (Wildman–Crippen MR) is 96.6 cm³/mol. The van der Waals surface area contributed by atoms with Crippen molar-refractivity contribution in [2.75, 3.05) is 5.73 Å². The van der Waals surface area contributed by atoms with Crippen molar-refractivity contribution in [2.24, 2.45) is 0 Å². The second kappa shape index (κ2) is 8.47. The Morgan fingerprint density at radius 2 is 1.88 bits per heavy atom. The third kappa shape index (κ3) is 4.51. The van der Waals surface area contributed by atoms with Crippen LogP contribution in [-0.4, -0.2) is 15.2 Å². The number of pyridine rings is 1. The van der Waals surface area contributed by atoms with Gasteiger partial charge in [0.25, 0.3) is 0 Å². The zero-order valence-electron chi connectivity index (χ0n) is 15.4. The van der Waals surface area contributed by atoms with Crippen molar-refractivity contribution >= 4 is 5.82 Å². The summed E-state index contributed by atoms with van der Waals surface area (Å²) in [6, 6.07) is 0.971. The number of nitrogens with zero attached hydrogens (tertiary/aromatic N) is 3. The molecular weight excluding hydrogens is 341 g/mol. The molecule has 2 heterocycles. The lowest BCUT2D eigenvalue weighted by Gasteiger charge is -2.20. The van der Waals surface area contributed by atoms with Crippen LogP contribution in [0.15, 0.2) is 18.5 Å². The van der Waals surface area contributed by atoms with Gasteiger partial charge in [0, 0.05) is 18.0 Å². The van der Waals surface area contributed by atoms with E-state index >= 15 is 0 Å². The molecule has 1 atom stereocenters. The topological polar surface area (TPSA) is 64.7 Å². The Hall–Kier alpha value is -2.18.